The number of anilines is 1. The smallest absolute Gasteiger partial charge is 0.222 e. The molecule has 0 saturated carbocycles. The van der Waals surface area contributed by atoms with Crippen molar-refractivity contribution in [1.82, 2.24) is 4.90 Å². The van der Waals surface area contributed by atoms with E-state index < -0.39 is 0 Å². The summed E-state index contributed by atoms with van der Waals surface area (Å²) in [5.74, 6) is 0.623. The third-order valence-corrected chi connectivity index (χ3v) is 2.43. The van der Waals surface area contributed by atoms with E-state index in [4.69, 9.17) is 15.7 Å². The maximum absolute atomic E-state index is 11.3. The fourth-order valence-electron chi connectivity index (χ4n) is 1.38. The number of ether oxygens (including phenoxy) is 1. The van der Waals surface area contributed by atoms with E-state index in [1.807, 2.05) is 6.07 Å². The molecule has 0 radical (unpaired) electrons. The Balaban J connectivity index is 2.41. The van der Waals surface area contributed by atoms with Crippen LogP contribution in [0.1, 0.15) is 18.4 Å². The van der Waals surface area contributed by atoms with Gasteiger partial charge in [-0.2, -0.15) is 5.26 Å². The molecule has 18 heavy (non-hydrogen) atoms. The number of amides is 1. The van der Waals surface area contributed by atoms with E-state index in [0.29, 0.717) is 36.4 Å². The van der Waals surface area contributed by atoms with Crippen molar-refractivity contribution in [2.75, 3.05) is 26.4 Å². The molecular weight excluding hydrogens is 230 g/mol. The molecular formula is C13H17N3O2. The van der Waals surface area contributed by atoms with Gasteiger partial charge in [0.2, 0.25) is 5.91 Å². The number of carbonyl (C=O) groups is 1. The van der Waals surface area contributed by atoms with Gasteiger partial charge < -0.3 is 15.4 Å². The number of benzene rings is 1. The average molecular weight is 247 g/mol. The lowest BCUT2D eigenvalue weighted by molar-refractivity contribution is -0.128. The highest BCUT2D eigenvalue weighted by atomic mass is 16.5. The van der Waals surface area contributed by atoms with E-state index in [2.05, 4.69) is 0 Å². The summed E-state index contributed by atoms with van der Waals surface area (Å²) >= 11 is 0. The molecule has 0 spiro atoms. The maximum atomic E-state index is 11.3. The van der Waals surface area contributed by atoms with Gasteiger partial charge in [0, 0.05) is 20.5 Å². The molecule has 0 fully saturated rings. The summed E-state index contributed by atoms with van der Waals surface area (Å²) in [5, 5.41) is 8.69. The van der Waals surface area contributed by atoms with Crippen LogP contribution in [0.3, 0.4) is 0 Å². The third-order valence-electron chi connectivity index (χ3n) is 2.43. The fraction of sp³-hybridized carbons (Fsp3) is 0.385. The molecule has 2 N–H and O–H groups in total. The highest BCUT2D eigenvalue weighted by Crippen LogP contribution is 2.22. The number of rotatable bonds is 5. The zero-order chi connectivity index (χ0) is 13.5. The first-order chi connectivity index (χ1) is 8.54. The second-order valence-electron chi connectivity index (χ2n) is 4.10. The predicted octanol–water partition coefficient (Wildman–Crippen LogP) is 1.39. The van der Waals surface area contributed by atoms with Crippen LogP contribution in [-0.4, -0.2) is 31.5 Å². The molecule has 1 aromatic carbocycles. The van der Waals surface area contributed by atoms with Crippen molar-refractivity contribution in [1.29, 1.82) is 5.26 Å². The normalized spacial score (nSPS) is 9.61. The van der Waals surface area contributed by atoms with Crippen LogP contribution < -0.4 is 10.5 Å². The minimum absolute atomic E-state index is 0.0754. The summed E-state index contributed by atoms with van der Waals surface area (Å²) in [6.07, 6.45) is 1.08. The van der Waals surface area contributed by atoms with Crippen LogP contribution in [0.2, 0.25) is 0 Å². The van der Waals surface area contributed by atoms with Crippen LogP contribution in [0.4, 0.5) is 5.69 Å². The van der Waals surface area contributed by atoms with Crippen LogP contribution >= 0.6 is 0 Å². The standard InChI is InChI=1S/C13H17N3O2/c1-16(2)13(17)4-3-7-18-12-6-5-10(9-14)8-11(12)15/h5-6,8H,3-4,7,15H2,1-2H3. The Morgan fingerprint density at radius 1 is 1.50 bits per heavy atom. The lowest BCUT2D eigenvalue weighted by Gasteiger charge is -2.11. The molecule has 1 amide bonds. The SMILES string of the molecule is CN(C)C(=O)CCCOc1ccc(C#N)cc1N. The minimum atomic E-state index is 0.0754. The van der Waals surface area contributed by atoms with Crippen LogP contribution in [0, 0.1) is 11.3 Å². The van der Waals surface area contributed by atoms with Gasteiger partial charge in [-0.25, -0.2) is 0 Å². The van der Waals surface area contributed by atoms with Gasteiger partial charge in [0.15, 0.2) is 0 Å². The molecule has 0 aliphatic heterocycles. The van der Waals surface area contributed by atoms with E-state index in [1.165, 1.54) is 0 Å². The van der Waals surface area contributed by atoms with E-state index in [1.54, 1.807) is 37.2 Å². The van der Waals surface area contributed by atoms with E-state index in [9.17, 15) is 4.79 Å². The molecule has 0 aromatic heterocycles. The van der Waals surface area contributed by atoms with Crippen molar-refractivity contribution < 1.29 is 9.53 Å². The van der Waals surface area contributed by atoms with Crippen LogP contribution in [0.25, 0.3) is 0 Å². The molecule has 5 nitrogen and oxygen atoms in total. The van der Waals surface area contributed by atoms with E-state index in [0.717, 1.165) is 0 Å². The molecule has 0 unspecified atom stereocenters. The summed E-state index contributed by atoms with van der Waals surface area (Å²) in [7, 11) is 3.45. The van der Waals surface area contributed by atoms with Crippen LogP contribution in [0.5, 0.6) is 5.75 Å². The first kappa shape index (κ1) is 13.8. The first-order valence-corrected chi connectivity index (χ1v) is 5.67. The fourth-order valence-corrected chi connectivity index (χ4v) is 1.38. The lowest BCUT2D eigenvalue weighted by Crippen LogP contribution is -2.21. The molecule has 0 bridgehead atoms. The van der Waals surface area contributed by atoms with Crippen molar-refractivity contribution in [3.05, 3.63) is 23.8 Å². The Bertz CT molecular complexity index is 464. The zero-order valence-electron chi connectivity index (χ0n) is 10.6. The van der Waals surface area contributed by atoms with Gasteiger partial charge >= 0.3 is 0 Å². The molecule has 5 heteroatoms. The number of nitrogens with zero attached hydrogens (tertiary/aromatic N) is 2. The number of nitrogen functional groups attached to an aromatic ring is 1. The number of nitrogens with two attached hydrogens (primary N) is 1. The van der Waals surface area contributed by atoms with E-state index >= 15 is 0 Å². The van der Waals surface area contributed by atoms with Gasteiger partial charge in [0.05, 0.1) is 23.9 Å². The van der Waals surface area contributed by atoms with Crippen molar-refractivity contribution in [3.8, 4) is 11.8 Å². The molecule has 0 atom stereocenters. The quantitative estimate of drug-likeness (QED) is 0.630. The average Bonchev–Trinajstić information content (AvgIpc) is 2.35. The summed E-state index contributed by atoms with van der Waals surface area (Å²) in [4.78, 5) is 12.9. The Morgan fingerprint density at radius 2 is 2.22 bits per heavy atom. The topological polar surface area (TPSA) is 79.3 Å². The summed E-state index contributed by atoms with van der Waals surface area (Å²) in [5.41, 5.74) is 6.68. The van der Waals surface area contributed by atoms with Gasteiger partial charge in [-0.15, -0.1) is 0 Å². The maximum Gasteiger partial charge on any atom is 0.222 e. The summed E-state index contributed by atoms with van der Waals surface area (Å²) in [6, 6.07) is 6.89. The Hall–Kier alpha value is -2.22. The van der Waals surface area contributed by atoms with Crippen molar-refractivity contribution >= 4 is 11.6 Å². The van der Waals surface area contributed by atoms with Crippen LogP contribution in [0.15, 0.2) is 18.2 Å². The molecule has 96 valence electrons. The van der Waals surface area contributed by atoms with Gasteiger partial charge in [-0.05, 0) is 24.6 Å². The molecule has 0 heterocycles. The highest BCUT2D eigenvalue weighted by molar-refractivity contribution is 5.75. The number of hydrogen-bond donors (Lipinski definition) is 1. The second-order valence-corrected chi connectivity index (χ2v) is 4.10. The van der Waals surface area contributed by atoms with E-state index in [-0.39, 0.29) is 5.91 Å². The minimum Gasteiger partial charge on any atom is -0.491 e. The Kier molecular flexibility index (Phi) is 5.00. The predicted molar refractivity (Wildman–Crippen MR) is 69.0 cm³/mol. The number of nitriles is 1. The number of carbonyl (C=O) groups excluding carboxylic acids is 1. The first-order valence-electron chi connectivity index (χ1n) is 5.67. The lowest BCUT2D eigenvalue weighted by atomic mass is 10.2. The zero-order valence-corrected chi connectivity index (χ0v) is 10.6. The van der Waals surface area contributed by atoms with Crippen LogP contribution in [-0.2, 0) is 4.79 Å². The summed E-state index contributed by atoms with van der Waals surface area (Å²) < 4.78 is 5.46. The van der Waals surface area contributed by atoms with Crippen molar-refractivity contribution in [2.45, 2.75) is 12.8 Å². The molecule has 0 aliphatic rings. The van der Waals surface area contributed by atoms with Crippen molar-refractivity contribution in [3.63, 3.8) is 0 Å². The van der Waals surface area contributed by atoms with Crippen molar-refractivity contribution in [2.24, 2.45) is 0 Å². The summed E-state index contributed by atoms with van der Waals surface area (Å²) in [6.45, 7) is 0.426. The molecule has 1 aromatic rings. The van der Waals surface area contributed by atoms with Gasteiger partial charge in [0.25, 0.3) is 0 Å². The molecule has 1 rings (SSSR count). The monoisotopic (exact) mass is 247 g/mol. The molecule has 0 aliphatic carbocycles. The van der Waals surface area contributed by atoms with Gasteiger partial charge in [-0.1, -0.05) is 0 Å². The third kappa shape index (κ3) is 3.98. The van der Waals surface area contributed by atoms with Gasteiger partial charge in [0.1, 0.15) is 5.75 Å². The number of hydrogen-bond acceptors (Lipinski definition) is 4. The molecule has 0 saturated heterocycles. The Labute approximate surface area is 107 Å². The Morgan fingerprint density at radius 3 is 2.78 bits per heavy atom. The largest absolute Gasteiger partial charge is 0.491 e. The second kappa shape index (κ2) is 6.50. The highest BCUT2D eigenvalue weighted by Gasteiger charge is 2.05. The van der Waals surface area contributed by atoms with Gasteiger partial charge in [-0.3, -0.25) is 4.79 Å².